The van der Waals surface area contributed by atoms with Crippen molar-refractivity contribution in [2.24, 2.45) is 0 Å². The summed E-state index contributed by atoms with van der Waals surface area (Å²) in [6.07, 6.45) is 0. The first-order chi connectivity index (χ1) is 15.1. The maximum Gasteiger partial charge on any atom is 0.288 e. The summed E-state index contributed by atoms with van der Waals surface area (Å²) in [5, 5.41) is 21.6. The number of tetrazole rings is 1. The fourth-order valence-corrected chi connectivity index (χ4v) is 3.70. The van der Waals surface area contributed by atoms with Gasteiger partial charge in [-0.15, -0.1) is 0 Å². The zero-order valence-corrected chi connectivity index (χ0v) is 16.5. The van der Waals surface area contributed by atoms with Crippen LogP contribution in [0.25, 0.3) is 11.3 Å². The number of aromatic nitrogens is 6. The molecule has 1 atom stereocenters. The summed E-state index contributed by atoms with van der Waals surface area (Å²) >= 11 is 0. The van der Waals surface area contributed by atoms with Gasteiger partial charge in [-0.05, 0) is 52.4 Å². The summed E-state index contributed by atoms with van der Waals surface area (Å²) in [5.74, 6) is 0.990. The predicted octanol–water partition coefficient (Wildman–Crippen LogP) is 2.27. The molecule has 31 heavy (non-hydrogen) atoms. The number of fused-ring (bicyclic) bond motifs is 2. The number of rotatable bonds is 4. The molecule has 0 spiro atoms. The highest BCUT2D eigenvalue weighted by atomic mass is 19.1. The molecule has 0 saturated heterocycles. The molecule has 11 heteroatoms. The molecule has 5 rings (SSSR count). The Hall–Kier alpha value is -4.28. The van der Waals surface area contributed by atoms with Crippen molar-refractivity contribution in [3.8, 4) is 22.8 Å². The fraction of sp³-hybridized carbons (Fsp3) is 0.150. The molecule has 0 amide bonds. The summed E-state index contributed by atoms with van der Waals surface area (Å²) < 4.78 is 25.9. The Bertz CT molecular complexity index is 1330. The van der Waals surface area contributed by atoms with Gasteiger partial charge in [-0.2, -0.15) is 9.78 Å². The highest BCUT2D eigenvalue weighted by Crippen LogP contribution is 2.42. The fourth-order valence-electron chi connectivity index (χ4n) is 3.70. The number of hydrogen-bond acceptors (Lipinski definition) is 8. The quantitative estimate of drug-likeness (QED) is 0.454. The van der Waals surface area contributed by atoms with Gasteiger partial charge in [-0.25, -0.2) is 9.49 Å². The van der Waals surface area contributed by atoms with E-state index in [4.69, 9.17) is 9.47 Å². The van der Waals surface area contributed by atoms with Crippen molar-refractivity contribution < 1.29 is 13.9 Å². The van der Waals surface area contributed by atoms with Crippen LogP contribution in [0.5, 0.6) is 11.5 Å². The Morgan fingerprint density at radius 2 is 1.84 bits per heavy atom. The number of aromatic amines is 1. The summed E-state index contributed by atoms with van der Waals surface area (Å²) in [6, 6.07) is 10.6. The molecule has 0 radical (unpaired) electrons. The van der Waals surface area contributed by atoms with E-state index in [0.717, 1.165) is 5.56 Å². The van der Waals surface area contributed by atoms with Gasteiger partial charge in [-0.3, -0.25) is 4.79 Å². The van der Waals surface area contributed by atoms with Gasteiger partial charge in [0.15, 0.2) is 11.5 Å². The van der Waals surface area contributed by atoms with Gasteiger partial charge in [0.2, 0.25) is 5.95 Å². The van der Waals surface area contributed by atoms with Crippen LogP contribution in [0.1, 0.15) is 17.2 Å². The minimum Gasteiger partial charge on any atom is -0.493 e. The van der Waals surface area contributed by atoms with E-state index in [2.05, 4.69) is 31.0 Å². The molecular formula is C20H16FN7O3. The van der Waals surface area contributed by atoms with Crippen LogP contribution in [-0.2, 0) is 0 Å². The summed E-state index contributed by atoms with van der Waals surface area (Å²) in [4.78, 5) is 12.7. The van der Waals surface area contributed by atoms with Crippen LogP contribution in [0.3, 0.4) is 0 Å². The van der Waals surface area contributed by atoms with Gasteiger partial charge in [-0.1, -0.05) is 11.2 Å². The number of methoxy groups -OCH3 is 2. The molecule has 156 valence electrons. The van der Waals surface area contributed by atoms with Crippen molar-refractivity contribution in [3.05, 3.63) is 69.8 Å². The van der Waals surface area contributed by atoms with Crippen LogP contribution >= 0.6 is 0 Å². The average molecular weight is 421 g/mol. The van der Waals surface area contributed by atoms with Crippen molar-refractivity contribution in [1.29, 1.82) is 0 Å². The van der Waals surface area contributed by atoms with Crippen molar-refractivity contribution in [2.45, 2.75) is 6.04 Å². The maximum atomic E-state index is 13.5. The highest BCUT2D eigenvalue weighted by molar-refractivity contribution is 5.75. The van der Waals surface area contributed by atoms with Crippen LogP contribution in [0.2, 0.25) is 0 Å². The van der Waals surface area contributed by atoms with E-state index in [-0.39, 0.29) is 11.5 Å². The van der Waals surface area contributed by atoms with E-state index in [1.54, 1.807) is 36.1 Å². The van der Waals surface area contributed by atoms with Crippen LogP contribution in [0, 0.1) is 5.82 Å². The third-order valence-electron chi connectivity index (χ3n) is 5.11. The average Bonchev–Trinajstić information content (AvgIpc) is 3.27. The number of hydrogen-bond donors (Lipinski definition) is 2. The topological polar surface area (TPSA) is 120 Å². The molecule has 3 heterocycles. The van der Waals surface area contributed by atoms with Crippen LogP contribution in [0.15, 0.2) is 47.3 Å². The highest BCUT2D eigenvalue weighted by Gasteiger charge is 2.34. The lowest BCUT2D eigenvalue weighted by atomic mass is 9.92. The lowest BCUT2D eigenvalue weighted by Crippen LogP contribution is -2.29. The second kappa shape index (κ2) is 7.20. The van der Waals surface area contributed by atoms with Crippen molar-refractivity contribution in [3.63, 3.8) is 0 Å². The Morgan fingerprint density at radius 3 is 2.58 bits per heavy atom. The molecule has 0 saturated carbocycles. The smallest absolute Gasteiger partial charge is 0.288 e. The number of H-pyrrole nitrogens is 1. The maximum absolute atomic E-state index is 13.5. The normalized spacial score (nSPS) is 14.4. The van der Waals surface area contributed by atoms with Gasteiger partial charge >= 0.3 is 0 Å². The van der Waals surface area contributed by atoms with E-state index in [0.29, 0.717) is 34.3 Å². The van der Waals surface area contributed by atoms with Crippen LogP contribution in [-0.4, -0.2) is 44.6 Å². The van der Waals surface area contributed by atoms with Crippen LogP contribution < -0.4 is 20.3 Å². The van der Waals surface area contributed by atoms with Gasteiger partial charge in [0.1, 0.15) is 17.5 Å². The lowest BCUT2D eigenvalue weighted by Gasteiger charge is -2.28. The molecule has 2 N–H and O–H groups in total. The molecule has 1 aliphatic heterocycles. The summed E-state index contributed by atoms with van der Waals surface area (Å²) in [7, 11) is 3.09. The molecule has 0 unspecified atom stereocenters. The van der Waals surface area contributed by atoms with E-state index < -0.39 is 11.6 Å². The Labute approximate surface area is 174 Å². The van der Waals surface area contributed by atoms with Gasteiger partial charge in [0.25, 0.3) is 5.56 Å². The number of nitrogens with zero attached hydrogens (tertiary/aromatic N) is 5. The Morgan fingerprint density at radius 1 is 1.06 bits per heavy atom. The number of ether oxygens (including phenoxy) is 2. The van der Waals surface area contributed by atoms with Gasteiger partial charge < -0.3 is 14.8 Å². The predicted molar refractivity (Wildman–Crippen MR) is 108 cm³/mol. The first-order valence-corrected chi connectivity index (χ1v) is 9.26. The SMILES string of the molecule is COc1ccc([C@@H]2c3c(-c4ccc(F)cc4)n[nH]c(=O)c3Nc3nnnn32)cc1OC. The second-order valence-electron chi connectivity index (χ2n) is 6.79. The first kappa shape index (κ1) is 18.7. The molecule has 4 aromatic rings. The lowest BCUT2D eigenvalue weighted by molar-refractivity contribution is 0.354. The van der Waals surface area contributed by atoms with Crippen molar-refractivity contribution in [2.75, 3.05) is 19.5 Å². The molecule has 0 fully saturated rings. The Balaban J connectivity index is 1.79. The van der Waals surface area contributed by atoms with Crippen molar-refractivity contribution in [1.82, 2.24) is 30.4 Å². The summed E-state index contributed by atoms with van der Waals surface area (Å²) in [6.45, 7) is 0. The molecule has 2 aromatic heterocycles. The van der Waals surface area contributed by atoms with E-state index in [9.17, 15) is 9.18 Å². The largest absolute Gasteiger partial charge is 0.493 e. The number of benzene rings is 2. The van der Waals surface area contributed by atoms with E-state index >= 15 is 0 Å². The van der Waals surface area contributed by atoms with E-state index in [1.807, 2.05) is 6.07 Å². The molecule has 0 aliphatic carbocycles. The van der Waals surface area contributed by atoms with Crippen LogP contribution in [0.4, 0.5) is 16.0 Å². The molecular weight excluding hydrogens is 405 g/mol. The number of nitrogens with one attached hydrogen (secondary N) is 2. The molecule has 1 aliphatic rings. The zero-order valence-electron chi connectivity index (χ0n) is 16.5. The van der Waals surface area contributed by atoms with Gasteiger partial charge in [0, 0.05) is 11.1 Å². The third-order valence-corrected chi connectivity index (χ3v) is 5.11. The number of halogens is 1. The molecule has 2 aromatic carbocycles. The second-order valence-corrected chi connectivity index (χ2v) is 6.79. The first-order valence-electron chi connectivity index (χ1n) is 9.26. The minimum atomic E-state index is -0.601. The molecule has 10 nitrogen and oxygen atoms in total. The molecule has 0 bridgehead atoms. The van der Waals surface area contributed by atoms with Crippen molar-refractivity contribution >= 4 is 11.6 Å². The Kier molecular flexibility index (Phi) is 4.35. The zero-order chi connectivity index (χ0) is 21.5. The number of anilines is 2. The summed E-state index contributed by atoms with van der Waals surface area (Å²) in [5.41, 5.74) is 2.20. The third kappa shape index (κ3) is 2.98. The standard InChI is InChI=1S/C20H16FN7O3/c1-30-13-8-5-11(9-14(13)31-2)18-15-16(10-3-6-12(21)7-4-10)23-24-19(29)17(15)22-20-25-26-27-28(18)20/h3-9,18H,1-2H3,(H,24,29)(H,22,25,27)/t18-/m1/s1. The minimum absolute atomic E-state index is 0.261. The van der Waals surface area contributed by atoms with E-state index in [1.165, 1.54) is 19.2 Å². The monoisotopic (exact) mass is 421 g/mol. The van der Waals surface area contributed by atoms with Gasteiger partial charge in [0.05, 0.1) is 19.9 Å².